The second kappa shape index (κ2) is 4.46. The molecular formula is C9H8N2O4S2. The first-order valence-corrected chi connectivity index (χ1v) is 6.58. The summed E-state index contributed by atoms with van der Waals surface area (Å²) in [5, 5.41) is 9.17. The lowest BCUT2D eigenvalue weighted by molar-refractivity contribution is -0.124. The number of anilines is 1. The first-order chi connectivity index (χ1) is 8.02. The van der Waals surface area contributed by atoms with Gasteiger partial charge in [-0.1, -0.05) is 0 Å². The summed E-state index contributed by atoms with van der Waals surface area (Å²) in [5.41, 5.74) is 0.250. The number of nitrogens with zero attached hydrogens (tertiary/aromatic N) is 2. The van der Waals surface area contributed by atoms with Gasteiger partial charge in [0.25, 0.3) is 0 Å². The second-order valence-electron chi connectivity index (χ2n) is 3.37. The Hall–Kier alpha value is -1.41. The Morgan fingerprint density at radius 2 is 1.94 bits per heavy atom. The maximum absolute atomic E-state index is 11.7. The van der Waals surface area contributed by atoms with E-state index in [0.717, 1.165) is 16.4 Å². The molecule has 1 N–H and O–H groups in total. The summed E-state index contributed by atoms with van der Waals surface area (Å²) in [6.45, 7) is 1.54. The predicted octanol–water partition coefficient (Wildman–Crippen LogP) is 0.756. The fraction of sp³-hybridized carbons (Fsp3) is 0.333. The second-order valence-corrected chi connectivity index (χ2v) is 5.11. The van der Waals surface area contributed by atoms with Crippen LogP contribution in [0.3, 0.4) is 0 Å². The van der Waals surface area contributed by atoms with Gasteiger partial charge in [-0.05, 0) is 18.5 Å². The standard InChI is InChI=1S/C9H8N2O4S2/c1-4-7(9(14)15)8(17-10-4)11-5(12)2-16-3-6(11)13/h2-3H2,1H3,(H,14,15). The Labute approximate surface area is 105 Å². The summed E-state index contributed by atoms with van der Waals surface area (Å²) in [6, 6.07) is 0. The molecule has 17 heavy (non-hydrogen) atoms. The van der Waals surface area contributed by atoms with Crippen molar-refractivity contribution in [1.82, 2.24) is 4.37 Å². The number of carboxylic acids is 1. The minimum atomic E-state index is -1.18. The molecule has 1 aliphatic heterocycles. The van der Waals surface area contributed by atoms with Crippen LogP contribution in [0.5, 0.6) is 0 Å². The zero-order chi connectivity index (χ0) is 12.6. The molecule has 8 heteroatoms. The Bertz CT molecular complexity index is 495. The molecule has 0 saturated carbocycles. The molecule has 1 aliphatic rings. The van der Waals surface area contributed by atoms with E-state index in [1.165, 1.54) is 18.7 Å². The molecule has 0 aromatic carbocycles. The van der Waals surface area contributed by atoms with Crippen molar-refractivity contribution in [3.8, 4) is 0 Å². The Morgan fingerprint density at radius 3 is 2.47 bits per heavy atom. The van der Waals surface area contributed by atoms with Crippen LogP contribution in [0.4, 0.5) is 5.00 Å². The zero-order valence-corrected chi connectivity index (χ0v) is 10.4. The van der Waals surface area contributed by atoms with Gasteiger partial charge >= 0.3 is 5.97 Å². The molecule has 90 valence electrons. The summed E-state index contributed by atoms with van der Waals surface area (Å²) in [7, 11) is 0. The predicted molar refractivity (Wildman–Crippen MR) is 63.6 cm³/mol. The third kappa shape index (κ3) is 2.05. The number of aromatic carboxylic acids is 1. The highest BCUT2D eigenvalue weighted by Crippen LogP contribution is 2.31. The van der Waals surface area contributed by atoms with Crippen LogP contribution in [0.25, 0.3) is 0 Å². The van der Waals surface area contributed by atoms with Crippen LogP contribution >= 0.6 is 23.3 Å². The number of rotatable bonds is 2. The minimum Gasteiger partial charge on any atom is -0.478 e. The number of carbonyl (C=O) groups excluding carboxylic acids is 2. The highest BCUT2D eigenvalue weighted by molar-refractivity contribution is 8.00. The number of aromatic nitrogens is 1. The molecule has 0 unspecified atom stereocenters. The highest BCUT2D eigenvalue weighted by Gasteiger charge is 2.33. The van der Waals surface area contributed by atoms with Crippen molar-refractivity contribution in [2.75, 3.05) is 16.4 Å². The Morgan fingerprint density at radius 1 is 1.35 bits per heavy atom. The topological polar surface area (TPSA) is 87.6 Å². The molecule has 1 aromatic heterocycles. The number of aryl methyl sites for hydroxylation is 1. The van der Waals surface area contributed by atoms with Crippen LogP contribution in [-0.4, -0.2) is 38.8 Å². The quantitative estimate of drug-likeness (QED) is 0.800. The summed E-state index contributed by atoms with van der Waals surface area (Å²) in [5.74, 6) is -1.59. The van der Waals surface area contributed by atoms with Crippen LogP contribution in [-0.2, 0) is 9.59 Å². The maximum atomic E-state index is 11.7. The van der Waals surface area contributed by atoms with E-state index >= 15 is 0 Å². The average molecular weight is 272 g/mol. The lowest BCUT2D eigenvalue weighted by Crippen LogP contribution is -2.43. The van der Waals surface area contributed by atoms with E-state index in [1.807, 2.05) is 0 Å². The fourth-order valence-corrected chi connectivity index (χ4v) is 3.11. The Balaban J connectivity index is 2.49. The van der Waals surface area contributed by atoms with Crippen LogP contribution in [0, 0.1) is 6.92 Å². The minimum absolute atomic E-state index is 0.0661. The molecule has 0 radical (unpaired) electrons. The van der Waals surface area contributed by atoms with Gasteiger partial charge in [0.05, 0.1) is 17.2 Å². The molecule has 0 atom stereocenters. The van der Waals surface area contributed by atoms with Crippen LogP contribution < -0.4 is 4.90 Å². The number of amides is 2. The monoisotopic (exact) mass is 272 g/mol. The van der Waals surface area contributed by atoms with Crippen LogP contribution in [0.15, 0.2) is 0 Å². The van der Waals surface area contributed by atoms with Gasteiger partial charge < -0.3 is 5.11 Å². The zero-order valence-electron chi connectivity index (χ0n) is 8.80. The number of hydrogen-bond donors (Lipinski definition) is 1. The first-order valence-electron chi connectivity index (χ1n) is 4.65. The lowest BCUT2D eigenvalue weighted by Gasteiger charge is -2.23. The molecule has 2 heterocycles. The fourth-order valence-electron chi connectivity index (χ4n) is 1.48. The number of hydrogen-bond acceptors (Lipinski definition) is 6. The van der Waals surface area contributed by atoms with Gasteiger partial charge in [0, 0.05) is 0 Å². The largest absolute Gasteiger partial charge is 0.478 e. The van der Waals surface area contributed by atoms with Gasteiger partial charge in [-0.25, -0.2) is 9.69 Å². The molecule has 1 saturated heterocycles. The Kier molecular flexibility index (Phi) is 3.16. The van der Waals surface area contributed by atoms with Crippen molar-refractivity contribution in [3.63, 3.8) is 0 Å². The van der Waals surface area contributed by atoms with Crippen LogP contribution in [0.2, 0.25) is 0 Å². The number of carboxylic acid groups (broad SMARTS) is 1. The third-order valence-corrected chi connectivity index (χ3v) is 4.04. The van der Waals surface area contributed by atoms with Gasteiger partial charge in [-0.2, -0.15) is 4.37 Å². The van der Waals surface area contributed by atoms with Crippen molar-refractivity contribution in [2.24, 2.45) is 0 Å². The van der Waals surface area contributed by atoms with Crippen LogP contribution in [0.1, 0.15) is 16.1 Å². The molecule has 2 amide bonds. The normalized spacial score (nSPS) is 16.4. The maximum Gasteiger partial charge on any atom is 0.340 e. The molecule has 0 spiro atoms. The smallest absolute Gasteiger partial charge is 0.340 e. The lowest BCUT2D eigenvalue weighted by atomic mass is 10.2. The van der Waals surface area contributed by atoms with Crippen molar-refractivity contribution < 1.29 is 19.5 Å². The van der Waals surface area contributed by atoms with E-state index in [2.05, 4.69) is 4.37 Å². The van der Waals surface area contributed by atoms with Crippen molar-refractivity contribution in [1.29, 1.82) is 0 Å². The number of thioether (sulfide) groups is 1. The van der Waals surface area contributed by atoms with Gasteiger partial charge in [0.1, 0.15) is 10.6 Å². The van der Waals surface area contributed by atoms with Crippen molar-refractivity contribution >= 4 is 46.1 Å². The summed E-state index contributed by atoms with van der Waals surface area (Å²) in [4.78, 5) is 35.3. The van der Waals surface area contributed by atoms with E-state index in [1.54, 1.807) is 0 Å². The van der Waals surface area contributed by atoms with E-state index in [-0.39, 0.29) is 22.1 Å². The molecule has 6 nitrogen and oxygen atoms in total. The van der Waals surface area contributed by atoms with Gasteiger partial charge in [-0.15, -0.1) is 11.8 Å². The molecule has 2 rings (SSSR count). The van der Waals surface area contributed by atoms with E-state index in [9.17, 15) is 14.4 Å². The summed E-state index contributed by atoms with van der Waals surface area (Å²) >= 11 is 2.09. The molecule has 0 bridgehead atoms. The molecular weight excluding hydrogens is 264 g/mol. The van der Waals surface area contributed by atoms with Crippen molar-refractivity contribution in [3.05, 3.63) is 11.3 Å². The van der Waals surface area contributed by atoms with E-state index < -0.39 is 17.8 Å². The highest BCUT2D eigenvalue weighted by atomic mass is 32.2. The number of carbonyl (C=O) groups is 3. The van der Waals surface area contributed by atoms with Gasteiger partial charge in [-0.3, -0.25) is 9.59 Å². The first kappa shape index (κ1) is 12.1. The van der Waals surface area contributed by atoms with Gasteiger partial charge in [0.2, 0.25) is 11.8 Å². The molecule has 1 fully saturated rings. The SMILES string of the molecule is Cc1nsc(N2C(=O)CSCC2=O)c1C(=O)O. The molecule has 0 aliphatic carbocycles. The van der Waals surface area contributed by atoms with Gasteiger partial charge in [0.15, 0.2) is 0 Å². The van der Waals surface area contributed by atoms with E-state index in [0.29, 0.717) is 5.69 Å². The summed E-state index contributed by atoms with van der Waals surface area (Å²) < 4.78 is 3.89. The van der Waals surface area contributed by atoms with E-state index in [4.69, 9.17) is 5.11 Å². The molecule has 1 aromatic rings. The average Bonchev–Trinajstić information content (AvgIpc) is 2.60. The summed E-state index contributed by atoms with van der Waals surface area (Å²) in [6.07, 6.45) is 0. The number of imide groups is 1. The third-order valence-electron chi connectivity index (χ3n) is 2.21. The van der Waals surface area contributed by atoms with Crippen molar-refractivity contribution in [2.45, 2.75) is 6.92 Å².